The van der Waals surface area contributed by atoms with E-state index in [-0.39, 0.29) is 34.5 Å². The van der Waals surface area contributed by atoms with Crippen molar-refractivity contribution in [3.8, 4) is 0 Å². The summed E-state index contributed by atoms with van der Waals surface area (Å²) < 4.78 is 4.08. The number of aliphatic carboxylic acids is 1. The van der Waals surface area contributed by atoms with Gasteiger partial charge in [0.15, 0.2) is 10.8 Å². The Morgan fingerprint density at radius 1 is 1.29 bits per heavy atom. The maximum Gasteiger partial charge on any atom is 0.327 e. The second-order valence-electron chi connectivity index (χ2n) is 9.16. The van der Waals surface area contributed by atoms with Gasteiger partial charge in [-0.15, -0.1) is 23.1 Å². The van der Waals surface area contributed by atoms with Crippen molar-refractivity contribution >= 4 is 57.7 Å². The lowest BCUT2D eigenvalue weighted by atomic mass is 9.87. The highest BCUT2D eigenvalue weighted by atomic mass is 32.2. The van der Waals surface area contributed by atoms with Crippen molar-refractivity contribution in [2.75, 3.05) is 12.8 Å². The standard InChI is InChI=1S/C21H27N5O7S2/c1-21(2)14(18(29)30)26-16(28)13(17(26)35-21)24-15(27)12(11-8-34-20(22)23-11)25-33-10-6-4-9(5-7-10)19(31)32-3/h8-10,13-14,17H,4-7H2,1-3H3,(H2,22,23)(H,24,27)(H,29,30)/t9?,10?,13-,14-,17+/m0/s1. The van der Waals surface area contributed by atoms with E-state index in [2.05, 4.69) is 15.5 Å². The quantitative estimate of drug-likeness (QED) is 0.200. The predicted octanol–water partition coefficient (Wildman–Crippen LogP) is 0.810. The number of carboxylic acid groups (broad SMARTS) is 1. The van der Waals surface area contributed by atoms with Crippen LogP contribution in [-0.2, 0) is 28.8 Å². The molecule has 0 aromatic carbocycles. The highest BCUT2D eigenvalue weighted by molar-refractivity contribution is 8.01. The fourth-order valence-corrected chi connectivity index (χ4v) is 6.83. The number of ether oxygens (including phenoxy) is 1. The predicted molar refractivity (Wildman–Crippen MR) is 128 cm³/mol. The molecule has 0 unspecified atom stereocenters. The second-order valence-corrected chi connectivity index (χ2v) is 11.8. The fourth-order valence-electron chi connectivity index (χ4n) is 4.65. The van der Waals surface area contributed by atoms with E-state index in [0.29, 0.717) is 25.7 Å². The number of methoxy groups -OCH3 is 1. The molecule has 14 heteroatoms. The molecule has 3 fully saturated rings. The number of thioether (sulfide) groups is 1. The molecule has 2 saturated heterocycles. The van der Waals surface area contributed by atoms with Crippen LogP contribution in [0.2, 0.25) is 0 Å². The normalized spacial score (nSPS) is 29.7. The van der Waals surface area contributed by atoms with E-state index in [1.54, 1.807) is 19.2 Å². The molecule has 3 atom stereocenters. The van der Waals surface area contributed by atoms with Gasteiger partial charge >= 0.3 is 11.9 Å². The average molecular weight is 526 g/mol. The maximum atomic E-state index is 13.2. The highest BCUT2D eigenvalue weighted by Crippen LogP contribution is 2.50. The number of fused-ring (bicyclic) bond motifs is 1. The lowest BCUT2D eigenvalue weighted by Crippen LogP contribution is -2.71. The van der Waals surface area contributed by atoms with Gasteiger partial charge in [-0.05, 0) is 39.5 Å². The molecular weight excluding hydrogens is 498 g/mol. The zero-order valence-electron chi connectivity index (χ0n) is 19.4. The van der Waals surface area contributed by atoms with Crippen LogP contribution in [-0.4, -0.2) is 79.9 Å². The summed E-state index contributed by atoms with van der Waals surface area (Å²) >= 11 is 2.46. The number of anilines is 1. The molecule has 0 radical (unpaired) electrons. The molecular formula is C21H27N5O7S2. The molecule has 4 N–H and O–H groups in total. The molecule has 1 aliphatic carbocycles. The minimum absolute atomic E-state index is 0.128. The first kappa shape index (κ1) is 25.2. The Balaban J connectivity index is 1.46. The summed E-state index contributed by atoms with van der Waals surface area (Å²) in [5, 5.41) is 17.6. The van der Waals surface area contributed by atoms with Crippen LogP contribution in [0.15, 0.2) is 10.5 Å². The van der Waals surface area contributed by atoms with E-state index in [1.165, 1.54) is 23.8 Å². The Morgan fingerprint density at radius 2 is 1.97 bits per heavy atom. The van der Waals surface area contributed by atoms with Gasteiger partial charge in [0.1, 0.15) is 29.3 Å². The SMILES string of the molecule is COC(=O)C1CCC(ON=C(C(=O)N[C@H]2C(=O)N3[C@@H]2SC(C)(C)[C@@H]3C(=O)O)c2csc(N)n2)CC1. The van der Waals surface area contributed by atoms with Crippen molar-refractivity contribution in [1.29, 1.82) is 0 Å². The molecule has 3 heterocycles. The molecule has 3 aliphatic rings. The number of carbonyl (C=O) groups is 4. The molecule has 12 nitrogen and oxygen atoms in total. The molecule has 2 amide bonds. The molecule has 1 aromatic heterocycles. The largest absolute Gasteiger partial charge is 0.480 e. The molecule has 1 aromatic rings. The van der Waals surface area contributed by atoms with Crippen molar-refractivity contribution in [3.63, 3.8) is 0 Å². The molecule has 2 aliphatic heterocycles. The summed E-state index contributed by atoms with van der Waals surface area (Å²) in [6.45, 7) is 3.52. The summed E-state index contributed by atoms with van der Waals surface area (Å²) in [4.78, 5) is 60.4. The lowest BCUT2D eigenvalue weighted by molar-refractivity contribution is -0.160. The Bertz CT molecular complexity index is 1070. The molecule has 35 heavy (non-hydrogen) atoms. The third kappa shape index (κ3) is 4.81. The number of hydrogen-bond donors (Lipinski definition) is 3. The Morgan fingerprint density at radius 3 is 2.54 bits per heavy atom. The number of β-lactam (4-membered cyclic amide) rings is 1. The first-order valence-corrected chi connectivity index (χ1v) is 12.9. The zero-order chi connectivity index (χ0) is 25.5. The minimum Gasteiger partial charge on any atom is -0.480 e. The van der Waals surface area contributed by atoms with Crippen LogP contribution in [0.3, 0.4) is 0 Å². The summed E-state index contributed by atoms with van der Waals surface area (Å²) in [6.07, 6.45) is 2.02. The van der Waals surface area contributed by atoms with Gasteiger partial charge in [-0.1, -0.05) is 5.16 Å². The number of carbonyl (C=O) groups excluding carboxylic acids is 3. The van der Waals surface area contributed by atoms with Crippen LogP contribution in [0.5, 0.6) is 0 Å². The third-order valence-corrected chi connectivity index (χ3v) is 8.69. The molecule has 0 spiro atoms. The Hall–Kier alpha value is -2.87. The number of nitrogens with two attached hydrogens (primary N) is 1. The van der Waals surface area contributed by atoms with Crippen molar-refractivity contribution in [2.45, 2.75) is 67.8 Å². The number of nitrogen functional groups attached to an aromatic ring is 1. The maximum absolute atomic E-state index is 13.2. The van der Waals surface area contributed by atoms with Gasteiger partial charge < -0.3 is 30.6 Å². The number of hydrogen-bond acceptors (Lipinski definition) is 11. The van der Waals surface area contributed by atoms with Crippen LogP contribution >= 0.6 is 23.1 Å². The third-order valence-electron chi connectivity index (χ3n) is 6.44. The number of oxime groups is 1. The Kier molecular flexibility index (Phi) is 6.95. The van der Waals surface area contributed by atoms with Crippen LogP contribution in [0.4, 0.5) is 5.13 Å². The number of thiazole rings is 1. The van der Waals surface area contributed by atoms with Gasteiger partial charge in [-0.25, -0.2) is 9.78 Å². The van der Waals surface area contributed by atoms with Gasteiger partial charge in [-0.3, -0.25) is 14.4 Å². The number of amides is 2. The average Bonchev–Trinajstić information content (AvgIpc) is 3.35. The summed E-state index contributed by atoms with van der Waals surface area (Å²) in [7, 11) is 1.36. The van der Waals surface area contributed by atoms with Crippen molar-refractivity contribution in [2.24, 2.45) is 11.1 Å². The van der Waals surface area contributed by atoms with E-state index in [9.17, 15) is 24.3 Å². The second kappa shape index (κ2) is 9.64. The van der Waals surface area contributed by atoms with Gasteiger partial charge in [-0.2, -0.15) is 0 Å². The van der Waals surface area contributed by atoms with E-state index in [0.717, 1.165) is 11.3 Å². The van der Waals surface area contributed by atoms with Crippen molar-refractivity contribution < 1.29 is 33.9 Å². The van der Waals surface area contributed by atoms with E-state index < -0.39 is 40.0 Å². The molecule has 0 bridgehead atoms. The molecule has 1 saturated carbocycles. The number of rotatable bonds is 7. The van der Waals surface area contributed by atoms with Crippen LogP contribution < -0.4 is 11.1 Å². The molecule has 4 rings (SSSR count). The first-order valence-electron chi connectivity index (χ1n) is 11.1. The zero-order valence-corrected chi connectivity index (χ0v) is 21.1. The topological polar surface area (TPSA) is 174 Å². The van der Waals surface area contributed by atoms with E-state index in [1.807, 2.05) is 0 Å². The molecule has 190 valence electrons. The monoisotopic (exact) mass is 525 g/mol. The lowest BCUT2D eigenvalue weighted by Gasteiger charge is -2.43. The van der Waals surface area contributed by atoms with E-state index in [4.69, 9.17) is 15.3 Å². The van der Waals surface area contributed by atoms with Crippen molar-refractivity contribution in [1.82, 2.24) is 15.2 Å². The summed E-state index contributed by atoms with van der Waals surface area (Å²) in [5.74, 6) is -2.65. The number of nitrogens with one attached hydrogen (secondary N) is 1. The first-order chi connectivity index (χ1) is 16.5. The fraction of sp³-hybridized carbons (Fsp3) is 0.619. The number of nitrogens with zero attached hydrogens (tertiary/aromatic N) is 3. The van der Waals surface area contributed by atoms with Crippen LogP contribution in [0.1, 0.15) is 45.2 Å². The van der Waals surface area contributed by atoms with E-state index >= 15 is 0 Å². The minimum atomic E-state index is -1.08. The smallest absolute Gasteiger partial charge is 0.327 e. The number of carboxylic acids is 1. The summed E-state index contributed by atoms with van der Waals surface area (Å²) in [6, 6.07) is -1.87. The Labute approximate surface area is 209 Å². The van der Waals surface area contributed by atoms with Crippen LogP contribution in [0, 0.1) is 5.92 Å². The number of esters is 1. The highest BCUT2D eigenvalue weighted by Gasteiger charge is 2.64. The van der Waals surface area contributed by atoms with Crippen LogP contribution in [0.25, 0.3) is 0 Å². The number of aromatic nitrogens is 1. The van der Waals surface area contributed by atoms with Crippen molar-refractivity contribution in [3.05, 3.63) is 11.1 Å². The summed E-state index contributed by atoms with van der Waals surface area (Å²) in [5.41, 5.74) is 5.81. The van der Waals surface area contributed by atoms with Gasteiger partial charge in [0, 0.05) is 10.1 Å². The van der Waals surface area contributed by atoms with Gasteiger partial charge in [0.05, 0.1) is 13.0 Å². The van der Waals surface area contributed by atoms with Gasteiger partial charge in [0.25, 0.3) is 5.91 Å². The van der Waals surface area contributed by atoms with Gasteiger partial charge in [0.2, 0.25) is 5.91 Å².